The summed E-state index contributed by atoms with van der Waals surface area (Å²) in [5.74, 6) is 0. The third-order valence-corrected chi connectivity index (χ3v) is 3.17. The van der Waals surface area contributed by atoms with Crippen LogP contribution in [0.1, 0.15) is 53.4 Å². The van der Waals surface area contributed by atoms with Gasteiger partial charge in [-0.3, -0.25) is 4.57 Å². The van der Waals surface area contributed by atoms with E-state index in [1.807, 2.05) is 13.8 Å². The first-order valence-corrected chi connectivity index (χ1v) is 8.99. The summed E-state index contributed by atoms with van der Waals surface area (Å²) in [5.41, 5.74) is 0. The molecule has 0 heterocycles. The van der Waals surface area contributed by atoms with Crippen LogP contribution in [0.25, 0.3) is 0 Å². The van der Waals surface area contributed by atoms with Crippen molar-refractivity contribution in [3.05, 3.63) is 46.0 Å². The Bertz CT molecular complexity index is 348. The van der Waals surface area contributed by atoms with Crippen LogP contribution >= 0.6 is 7.60 Å². The zero-order valence-corrected chi connectivity index (χ0v) is 19.8. The van der Waals surface area contributed by atoms with Crippen LogP contribution in [0.5, 0.6) is 0 Å². The van der Waals surface area contributed by atoms with Crippen LogP contribution in [-0.4, -0.2) is 59.1 Å². The van der Waals surface area contributed by atoms with E-state index in [9.17, 15) is 4.57 Å². The Morgan fingerprint density at radius 2 is 1.11 bits per heavy atom. The molecule has 0 aliphatic carbocycles. The molecule has 0 bridgehead atoms. The Morgan fingerprint density at radius 1 is 0.815 bits per heavy atom. The van der Waals surface area contributed by atoms with Crippen LogP contribution in [0.4, 0.5) is 0 Å². The second kappa shape index (κ2) is 32.3. The van der Waals surface area contributed by atoms with Gasteiger partial charge in [0.05, 0.1) is 21.9 Å². The first-order chi connectivity index (χ1) is 11.8. The number of unbranched alkanes of at least 4 members (excludes halogenated alkanes) is 3. The smallest absolute Gasteiger partial charge is 0.356 e. The summed E-state index contributed by atoms with van der Waals surface area (Å²) in [6.45, 7) is 8.16. The van der Waals surface area contributed by atoms with E-state index in [2.05, 4.69) is 6.92 Å². The van der Waals surface area contributed by atoms with E-state index in [4.69, 9.17) is 55.4 Å². The van der Waals surface area contributed by atoms with Crippen molar-refractivity contribution < 1.29 is 29.2 Å². The maximum atomic E-state index is 11.1. The summed E-state index contributed by atoms with van der Waals surface area (Å²) in [6, 6.07) is 0. The molecule has 0 fully saturated rings. The summed E-state index contributed by atoms with van der Waals surface area (Å²) in [5, 5.41) is 44.2. The number of hydrogen-bond acceptors (Lipinski definition) is 11. The molecule has 1 atom stereocenters. The molecule has 0 aromatic carbocycles. The summed E-state index contributed by atoms with van der Waals surface area (Å²) >= 11 is 0. The molecule has 0 rings (SSSR count). The molecule has 2 radical (unpaired) electrons. The standard InChI is InChI=1S/C8H19O3P.C2H6.Bi.3NO3/c1-3-5-6-7-8-12(9,10)11-4-2;1-2;;3*2-1(3)4/h3-8H2,1-2H3,(H,9,10);1-2H3;;;;/q;;+3;3*-1. The molecule has 15 nitrogen and oxygen atoms in total. The van der Waals surface area contributed by atoms with Gasteiger partial charge in [-0.05, 0) is 13.3 Å². The normalized spacial score (nSPS) is 9.96. The van der Waals surface area contributed by atoms with Gasteiger partial charge < -0.3 is 55.4 Å². The molecule has 27 heavy (non-hydrogen) atoms. The molecular formula is C10H25BiN3O12P. The van der Waals surface area contributed by atoms with Crippen molar-refractivity contribution in [1.29, 1.82) is 0 Å². The number of rotatable bonds is 7. The average molecular weight is 619 g/mol. The van der Waals surface area contributed by atoms with Crippen molar-refractivity contribution >= 4 is 33.8 Å². The molecule has 162 valence electrons. The molecule has 17 heteroatoms. The first-order valence-electron chi connectivity index (χ1n) is 7.23. The summed E-state index contributed by atoms with van der Waals surface area (Å²) in [7, 11) is -3.23. The van der Waals surface area contributed by atoms with Crippen molar-refractivity contribution in [2.24, 2.45) is 0 Å². The molecule has 1 unspecified atom stereocenters. The van der Waals surface area contributed by atoms with Gasteiger partial charge in [0.1, 0.15) is 0 Å². The van der Waals surface area contributed by atoms with Crippen LogP contribution in [0.2, 0.25) is 0 Å². The van der Waals surface area contributed by atoms with Gasteiger partial charge in [0, 0.05) is 6.16 Å². The van der Waals surface area contributed by atoms with Gasteiger partial charge >= 0.3 is 33.8 Å². The van der Waals surface area contributed by atoms with E-state index >= 15 is 0 Å². The van der Waals surface area contributed by atoms with Gasteiger partial charge in [-0.15, -0.1) is 0 Å². The SMILES string of the molecule is CC.CCCCCCP(=O)(O)OCC.O=[N+]([O-])[O-].O=[N+]([O-])[O-].O=[N+]([O-])[O-].[Bi+3]. The fourth-order valence-corrected chi connectivity index (χ4v) is 2.16. The maximum absolute atomic E-state index is 11.1. The molecule has 0 saturated carbocycles. The molecule has 0 amide bonds. The van der Waals surface area contributed by atoms with E-state index in [-0.39, 0.29) is 26.2 Å². The van der Waals surface area contributed by atoms with Crippen molar-refractivity contribution in [1.82, 2.24) is 0 Å². The van der Waals surface area contributed by atoms with Crippen molar-refractivity contribution in [3.63, 3.8) is 0 Å². The molecular weight excluding hydrogens is 594 g/mol. The van der Waals surface area contributed by atoms with E-state index < -0.39 is 22.9 Å². The molecule has 0 aliphatic rings. The summed E-state index contributed by atoms with van der Waals surface area (Å²) < 4.78 is 15.8. The third-order valence-electron chi connectivity index (χ3n) is 1.63. The number of nitrogens with zero attached hydrogens (tertiary/aromatic N) is 3. The van der Waals surface area contributed by atoms with Crippen molar-refractivity contribution in [2.75, 3.05) is 12.8 Å². The Hall–Kier alpha value is -1.37. The zero-order chi connectivity index (χ0) is 22.2. The van der Waals surface area contributed by atoms with Gasteiger partial charge in [-0.1, -0.05) is 40.0 Å². The molecule has 0 saturated heterocycles. The topological polar surface area (TPSA) is 245 Å². The van der Waals surface area contributed by atoms with Crippen LogP contribution in [0.15, 0.2) is 0 Å². The molecule has 0 aliphatic heterocycles. The van der Waals surface area contributed by atoms with Crippen LogP contribution in [-0.2, 0) is 9.09 Å². The summed E-state index contributed by atoms with van der Waals surface area (Å²) in [4.78, 5) is 33.9. The van der Waals surface area contributed by atoms with Crippen molar-refractivity contribution in [3.8, 4) is 0 Å². The van der Waals surface area contributed by atoms with Crippen LogP contribution in [0, 0.1) is 46.0 Å². The van der Waals surface area contributed by atoms with Crippen LogP contribution < -0.4 is 0 Å². The zero-order valence-electron chi connectivity index (χ0n) is 15.4. The quantitative estimate of drug-likeness (QED) is 0.142. The Labute approximate surface area is 175 Å². The third kappa shape index (κ3) is 136. The van der Waals surface area contributed by atoms with Gasteiger partial charge in [0.25, 0.3) is 0 Å². The Morgan fingerprint density at radius 3 is 1.33 bits per heavy atom. The predicted molar refractivity (Wildman–Crippen MR) is 98.6 cm³/mol. The maximum Gasteiger partial charge on any atom is 3.00 e. The minimum atomic E-state index is -3.23. The van der Waals surface area contributed by atoms with Crippen molar-refractivity contribution in [2.45, 2.75) is 53.4 Å². The minimum Gasteiger partial charge on any atom is -0.356 e. The molecule has 1 N–H and O–H groups in total. The van der Waals surface area contributed by atoms with Gasteiger partial charge in [0.15, 0.2) is 0 Å². The minimum absolute atomic E-state index is 0. The van der Waals surface area contributed by atoms with E-state index in [0.29, 0.717) is 12.8 Å². The predicted octanol–water partition coefficient (Wildman–Crippen LogP) is 2.72. The monoisotopic (exact) mass is 619 g/mol. The van der Waals surface area contributed by atoms with E-state index in [0.717, 1.165) is 25.7 Å². The van der Waals surface area contributed by atoms with Gasteiger partial charge in [0.2, 0.25) is 0 Å². The van der Waals surface area contributed by atoms with Gasteiger partial charge in [-0.2, -0.15) is 0 Å². The second-order valence-electron chi connectivity index (χ2n) is 3.51. The van der Waals surface area contributed by atoms with Gasteiger partial charge in [-0.25, -0.2) is 0 Å². The fraction of sp³-hybridized carbons (Fsp3) is 1.00. The second-order valence-corrected chi connectivity index (χ2v) is 5.49. The molecule has 0 spiro atoms. The summed E-state index contributed by atoms with van der Waals surface area (Å²) in [6.07, 6.45) is 4.40. The average Bonchev–Trinajstić information content (AvgIpc) is 2.44. The molecule has 0 aromatic heterocycles. The number of hydrogen-bond donors (Lipinski definition) is 1. The molecule has 0 aromatic rings. The van der Waals surface area contributed by atoms with E-state index in [1.165, 1.54) is 0 Å². The fourth-order valence-electron chi connectivity index (χ4n) is 1.00. The Balaban J connectivity index is -0.0000000611. The first kappa shape index (κ1) is 40.4. The Kier molecular flexibility index (Phi) is 48.3. The van der Waals surface area contributed by atoms with Crippen LogP contribution in [0.3, 0.4) is 0 Å². The largest absolute Gasteiger partial charge is 3.00 e. The van der Waals surface area contributed by atoms with E-state index in [1.54, 1.807) is 6.92 Å².